The van der Waals surface area contributed by atoms with Gasteiger partial charge in [-0.25, -0.2) is 13.2 Å². The summed E-state index contributed by atoms with van der Waals surface area (Å²) in [5.74, 6) is -1.04. The Morgan fingerprint density at radius 1 is 1.35 bits per heavy atom. The number of carbonyl (C=O) groups is 1. The summed E-state index contributed by atoms with van der Waals surface area (Å²) in [7, 11) is -3.29. The highest BCUT2D eigenvalue weighted by Crippen LogP contribution is 2.13. The Morgan fingerprint density at radius 3 is 2.29 bits per heavy atom. The van der Waals surface area contributed by atoms with E-state index in [1.807, 2.05) is 0 Å². The zero-order valence-electron chi connectivity index (χ0n) is 9.30. The molecule has 17 heavy (non-hydrogen) atoms. The van der Waals surface area contributed by atoms with Gasteiger partial charge in [0.25, 0.3) is 0 Å². The highest BCUT2D eigenvalue weighted by molar-refractivity contribution is 7.92. The van der Waals surface area contributed by atoms with Crippen molar-refractivity contribution in [3.63, 3.8) is 0 Å². The lowest BCUT2D eigenvalue weighted by atomic mass is 10.1. The lowest BCUT2D eigenvalue weighted by Crippen LogP contribution is -2.09. The van der Waals surface area contributed by atoms with Crippen molar-refractivity contribution in [3.05, 3.63) is 42.0 Å². The van der Waals surface area contributed by atoms with Crippen molar-refractivity contribution >= 4 is 21.7 Å². The van der Waals surface area contributed by atoms with Crippen LogP contribution in [0.4, 0.5) is 5.69 Å². The first-order valence-electron chi connectivity index (χ1n) is 4.76. The van der Waals surface area contributed by atoms with Crippen LogP contribution in [0.5, 0.6) is 0 Å². The summed E-state index contributed by atoms with van der Waals surface area (Å²) in [5.41, 5.74) is 1.29. The summed E-state index contributed by atoms with van der Waals surface area (Å²) >= 11 is 0. The number of sulfonamides is 1. The number of benzene rings is 1. The van der Waals surface area contributed by atoms with E-state index in [1.54, 1.807) is 24.3 Å². The number of rotatable bonds is 5. The molecule has 1 rings (SSSR count). The van der Waals surface area contributed by atoms with Crippen LogP contribution in [0.25, 0.3) is 0 Å². The second-order valence-electron chi connectivity index (χ2n) is 3.66. The lowest BCUT2D eigenvalue weighted by molar-refractivity contribution is -0.132. The number of hydrogen-bond acceptors (Lipinski definition) is 3. The van der Waals surface area contributed by atoms with Gasteiger partial charge in [-0.15, -0.1) is 0 Å². The smallest absolute Gasteiger partial charge is 0.331 e. The third kappa shape index (κ3) is 4.69. The average molecular weight is 255 g/mol. The van der Waals surface area contributed by atoms with Crippen molar-refractivity contribution in [2.45, 2.75) is 6.42 Å². The molecule has 0 saturated carbocycles. The molecule has 0 heterocycles. The maximum Gasteiger partial charge on any atom is 0.331 e. The number of anilines is 1. The zero-order chi connectivity index (χ0) is 13.1. The van der Waals surface area contributed by atoms with E-state index in [9.17, 15) is 13.2 Å². The highest BCUT2D eigenvalue weighted by atomic mass is 32.2. The van der Waals surface area contributed by atoms with Crippen LogP contribution in [-0.4, -0.2) is 25.7 Å². The fourth-order valence-corrected chi connectivity index (χ4v) is 1.79. The van der Waals surface area contributed by atoms with Gasteiger partial charge in [-0.1, -0.05) is 18.7 Å². The first-order valence-corrected chi connectivity index (χ1v) is 6.65. The molecular weight excluding hydrogens is 242 g/mol. The standard InChI is InChI=1S/C11H13NO4S/c1-8(11(13)14)7-9-3-5-10(6-4-9)12-17(2,15)16/h3-6,12H,1,7H2,2H3,(H,13,14). The van der Waals surface area contributed by atoms with Crippen molar-refractivity contribution < 1.29 is 18.3 Å². The molecule has 0 amide bonds. The van der Waals surface area contributed by atoms with E-state index in [4.69, 9.17) is 5.11 Å². The van der Waals surface area contributed by atoms with Crippen molar-refractivity contribution in [3.8, 4) is 0 Å². The predicted octanol–water partition coefficient (Wildman–Crippen LogP) is 1.24. The molecule has 0 spiro atoms. The monoisotopic (exact) mass is 255 g/mol. The van der Waals surface area contributed by atoms with Gasteiger partial charge in [-0.05, 0) is 17.7 Å². The molecule has 6 heteroatoms. The Kier molecular flexibility index (Phi) is 3.90. The Bertz CT molecular complexity index is 531. The number of carboxylic acids is 1. The SMILES string of the molecule is C=C(Cc1ccc(NS(C)(=O)=O)cc1)C(=O)O. The minimum atomic E-state index is -3.29. The normalized spacial score (nSPS) is 10.9. The highest BCUT2D eigenvalue weighted by Gasteiger charge is 2.06. The molecule has 0 atom stereocenters. The Balaban J connectivity index is 2.75. The van der Waals surface area contributed by atoms with Gasteiger partial charge in [-0.2, -0.15) is 0 Å². The molecule has 0 aliphatic carbocycles. The maximum absolute atomic E-state index is 10.9. The molecule has 1 aromatic carbocycles. The fraction of sp³-hybridized carbons (Fsp3) is 0.182. The van der Waals surface area contributed by atoms with Crippen LogP contribution in [0.15, 0.2) is 36.4 Å². The van der Waals surface area contributed by atoms with Gasteiger partial charge < -0.3 is 5.11 Å². The third-order valence-electron chi connectivity index (χ3n) is 1.98. The molecule has 0 bridgehead atoms. The molecule has 0 saturated heterocycles. The molecule has 0 radical (unpaired) electrons. The Labute approximate surface area is 99.8 Å². The molecule has 0 aliphatic heterocycles. The molecule has 92 valence electrons. The van der Waals surface area contributed by atoms with E-state index in [2.05, 4.69) is 11.3 Å². The molecule has 0 fully saturated rings. The predicted molar refractivity (Wildman–Crippen MR) is 65.4 cm³/mol. The van der Waals surface area contributed by atoms with Crippen LogP contribution >= 0.6 is 0 Å². The van der Waals surface area contributed by atoms with E-state index in [0.29, 0.717) is 5.69 Å². The second kappa shape index (κ2) is 5.01. The summed E-state index contributed by atoms with van der Waals surface area (Å²) in [5, 5.41) is 8.66. The minimum absolute atomic E-state index is 0.0915. The number of hydrogen-bond donors (Lipinski definition) is 2. The molecule has 5 nitrogen and oxygen atoms in total. The summed E-state index contributed by atoms with van der Waals surface area (Å²) in [6, 6.07) is 6.46. The molecule has 2 N–H and O–H groups in total. The molecule has 0 unspecified atom stereocenters. The lowest BCUT2D eigenvalue weighted by Gasteiger charge is -2.05. The minimum Gasteiger partial charge on any atom is -0.478 e. The number of carboxylic acid groups (broad SMARTS) is 1. The Morgan fingerprint density at radius 2 is 1.88 bits per heavy atom. The Hall–Kier alpha value is -1.82. The van der Waals surface area contributed by atoms with E-state index < -0.39 is 16.0 Å². The van der Waals surface area contributed by atoms with Crippen molar-refractivity contribution in [1.82, 2.24) is 0 Å². The largest absolute Gasteiger partial charge is 0.478 e. The van der Waals surface area contributed by atoms with Crippen LogP contribution in [0.3, 0.4) is 0 Å². The van der Waals surface area contributed by atoms with Gasteiger partial charge in [0.2, 0.25) is 10.0 Å². The van der Waals surface area contributed by atoms with Crippen LogP contribution in [0, 0.1) is 0 Å². The zero-order valence-corrected chi connectivity index (χ0v) is 10.1. The first kappa shape index (κ1) is 13.2. The van der Waals surface area contributed by atoms with Gasteiger partial charge in [0.15, 0.2) is 0 Å². The average Bonchev–Trinajstić information content (AvgIpc) is 2.18. The summed E-state index contributed by atoms with van der Waals surface area (Å²) in [6.07, 6.45) is 1.29. The van der Waals surface area contributed by atoms with Crippen LogP contribution in [0.2, 0.25) is 0 Å². The summed E-state index contributed by atoms with van der Waals surface area (Å²) in [4.78, 5) is 10.6. The molecule has 0 aliphatic rings. The number of nitrogens with one attached hydrogen (secondary N) is 1. The van der Waals surface area contributed by atoms with E-state index >= 15 is 0 Å². The number of aliphatic carboxylic acids is 1. The van der Waals surface area contributed by atoms with E-state index in [-0.39, 0.29) is 12.0 Å². The van der Waals surface area contributed by atoms with Gasteiger partial charge in [0, 0.05) is 17.7 Å². The van der Waals surface area contributed by atoms with Gasteiger partial charge >= 0.3 is 5.97 Å². The van der Waals surface area contributed by atoms with Gasteiger partial charge in [0.1, 0.15) is 0 Å². The molecule has 1 aromatic rings. The van der Waals surface area contributed by atoms with E-state index in [0.717, 1.165) is 11.8 Å². The first-order chi connectivity index (χ1) is 7.78. The quantitative estimate of drug-likeness (QED) is 0.775. The summed E-state index contributed by atoms with van der Waals surface area (Å²) in [6.45, 7) is 3.42. The third-order valence-corrected chi connectivity index (χ3v) is 2.58. The van der Waals surface area contributed by atoms with Crippen LogP contribution in [0.1, 0.15) is 5.56 Å². The fourth-order valence-electron chi connectivity index (χ4n) is 1.23. The van der Waals surface area contributed by atoms with E-state index in [1.165, 1.54) is 0 Å². The summed E-state index contributed by atoms with van der Waals surface area (Å²) < 4.78 is 24.2. The van der Waals surface area contributed by atoms with Crippen LogP contribution < -0.4 is 4.72 Å². The molecular formula is C11H13NO4S. The molecule has 0 aromatic heterocycles. The van der Waals surface area contributed by atoms with Gasteiger partial charge in [-0.3, -0.25) is 4.72 Å². The van der Waals surface area contributed by atoms with Crippen molar-refractivity contribution in [2.75, 3.05) is 11.0 Å². The van der Waals surface area contributed by atoms with Gasteiger partial charge in [0.05, 0.1) is 6.26 Å². The van der Waals surface area contributed by atoms with Crippen LogP contribution in [-0.2, 0) is 21.2 Å². The second-order valence-corrected chi connectivity index (χ2v) is 5.41. The van der Waals surface area contributed by atoms with Crippen molar-refractivity contribution in [2.24, 2.45) is 0 Å². The van der Waals surface area contributed by atoms with Crippen molar-refractivity contribution in [1.29, 1.82) is 0 Å². The topological polar surface area (TPSA) is 83.5 Å². The maximum atomic E-state index is 10.9.